The smallest absolute Gasteiger partial charge is 0.360 e. The van der Waals surface area contributed by atoms with Crippen molar-refractivity contribution in [3.05, 3.63) is 51.9 Å². The molecule has 0 aliphatic carbocycles. The molecule has 0 saturated heterocycles. The molecule has 0 aliphatic rings. The summed E-state index contributed by atoms with van der Waals surface area (Å²) >= 11 is 0. The van der Waals surface area contributed by atoms with Gasteiger partial charge in [-0.25, -0.2) is 4.79 Å². The fourth-order valence-corrected chi connectivity index (χ4v) is 1.49. The lowest BCUT2D eigenvalue weighted by molar-refractivity contribution is 0.0655. The monoisotopic (exact) mass is 278 g/mol. The van der Waals surface area contributed by atoms with Crippen LogP contribution in [0, 0.1) is 0 Å². The summed E-state index contributed by atoms with van der Waals surface area (Å²) in [6, 6.07) is 8.72. The van der Waals surface area contributed by atoms with E-state index in [0.29, 0.717) is 5.56 Å². The van der Waals surface area contributed by atoms with Crippen LogP contribution in [0.25, 0.3) is 0 Å². The summed E-state index contributed by atoms with van der Waals surface area (Å²) in [5.74, 6) is -3.21. The van der Waals surface area contributed by atoms with Crippen LogP contribution >= 0.6 is 0 Å². The third-order valence-electron chi connectivity index (χ3n) is 2.44. The van der Waals surface area contributed by atoms with Gasteiger partial charge in [0.25, 0.3) is 0 Å². The molecule has 2 rings (SSSR count). The van der Waals surface area contributed by atoms with Gasteiger partial charge in [0.1, 0.15) is 6.61 Å². The van der Waals surface area contributed by atoms with Crippen LogP contribution in [-0.2, 0) is 6.61 Å². The minimum atomic E-state index is -1.60. The summed E-state index contributed by atoms with van der Waals surface area (Å²) in [5.41, 5.74) is -1.33. The van der Waals surface area contributed by atoms with Crippen LogP contribution in [0.5, 0.6) is 11.5 Å². The molecular weight excluding hydrogens is 268 g/mol. The van der Waals surface area contributed by atoms with Gasteiger partial charge in [0.05, 0.1) is 0 Å². The number of hydrogen-bond acceptors (Lipinski definition) is 6. The van der Waals surface area contributed by atoms with Crippen molar-refractivity contribution in [3.8, 4) is 11.5 Å². The van der Waals surface area contributed by atoms with Gasteiger partial charge in [-0.1, -0.05) is 35.2 Å². The highest BCUT2D eigenvalue weighted by Gasteiger charge is 2.22. The topological polar surface area (TPSA) is 122 Å². The summed E-state index contributed by atoms with van der Waals surface area (Å²) < 4.78 is 5.08. The Hall–Kier alpha value is -3.03. The Kier molecular flexibility index (Phi) is 3.56. The van der Waals surface area contributed by atoms with Crippen molar-refractivity contribution in [1.82, 2.24) is 9.94 Å². The fraction of sp³-hybridized carbons (Fsp3) is 0.0833. The van der Waals surface area contributed by atoms with Crippen molar-refractivity contribution >= 4 is 5.97 Å². The van der Waals surface area contributed by atoms with Gasteiger partial charge in [0.2, 0.25) is 11.4 Å². The van der Waals surface area contributed by atoms with E-state index in [-0.39, 0.29) is 11.5 Å². The van der Waals surface area contributed by atoms with Gasteiger partial charge in [-0.05, 0) is 5.56 Å². The molecule has 0 fully saturated rings. The Morgan fingerprint density at radius 3 is 2.55 bits per heavy atom. The Balaban J connectivity index is 2.36. The normalized spacial score (nSPS) is 10.2. The molecule has 0 spiro atoms. The van der Waals surface area contributed by atoms with Gasteiger partial charge in [-0.2, -0.15) is 0 Å². The van der Waals surface area contributed by atoms with Crippen molar-refractivity contribution in [2.24, 2.45) is 0 Å². The predicted octanol–water partition coefficient (Wildman–Crippen LogP) is 0.463. The standard InChI is InChI=1S/C12H10N2O6/c15-9-8(12(17)18)13-14(19)11(16)10(9)20-6-7-4-2-1-3-5-7/h1-5,15,19H,6H2,(H,17,18). The molecule has 0 radical (unpaired) electrons. The quantitative estimate of drug-likeness (QED) is 0.694. The van der Waals surface area contributed by atoms with Crippen LogP contribution in [0.15, 0.2) is 35.1 Å². The second-order valence-corrected chi connectivity index (χ2v) is 3.80. The summed E-state index contributed by atoms with van der Waals surface area (Å²) in [6.45, 7) is -0.0767. The summed E-state index contributed by atoms with van der Waals surface area (Å²) in [5, 5.41) is 30.6. The van der Waals surface area contributed by atoms with Crippen LogP contribution in [0.4, 0.5) is 0 Å². The van der Waals surface area contributed by atoms with Crippen LogP contribution < -0.4 is 10.3 Å². The second kappa shape index (κ2) is 5.31. The number of carbonyl (C=O) groups is 1. The maximum absolute atomic E-state index is 11.6. The van der Waals surface area contributed by atoms with Gasteiger partial charge in [0, 0.05) is 0 Å². The van der Waals surface area contributed by atoms with E-state index in [1.165, 1.54) is 0 Å². The molecule has 0 atom stereocenters. The van der Waals surface area contributed by atoms with Crippen molar-refractivity contribution < 1.29 is 25.0 Å². The molecule has 1 heterocycles. The Labute approximate surface area is 112 Å². The Morgan fingerprint density at radius 1 is 1.30 bits per heavy atom. The maximum atomic E-state index is 11.6. The molecule has 0 saturated carbocycles. The number of nitrogens with zero attached hydrogens (tertiary/aromatic N) is 2. The van der Waals surface area contributed by atoms with Gasteiger partial charge in [-0.3, -0.25) is 4.79 Å². The number of hydrogen-bond donors (Lipinski definition) is 3. The number of carboxylic acids is 1. The number of carboxylic acid groups (broad SMARTS) is 1. The van der Waals surface area contributed by atoms with E-state index in [9.17, 15) is 19.9 Å². The summed E-state index contributed by atoms with van der Waals surface area (Å²) in [4.78, 5) is 22.2. The van der Waals surface area contributed by atoms with E-state index in [0.717, 1.165) is 0 Å². The number of ether oxygens (including phenoxy) is 1. The van der Waals surface area contributed by atoms with E-state index in [1.807, 2.05) is 0 Å². The molecule has 20 heavy (non-hydrogen) atoms. The molecule has 8 heteroatoms. The molecule has 0 bridgehead atoms. The van der Waals surface area contributed by atoms with Crippen molar-refractivity contribution in [1.29, 1.82) is 0 Å². The predicted molar refractivity (Wildman–Crippen MR) is 65.1 cm³/mol. The third-order valence-corrected chi connectivity index (χ3v) is 2.44. The lowest BCUT2D eigenvalue weighted by Gasteiger charge is -2.09. The average molecular weight is 278 g/mol. The van der Waals surface area contributed by atoms with Crippen LogP contribution in [0.2, 0.25) is 0 Å². The number of aromatic nitrogens is 2. The van der Waals surface area contributed by atoms with Gasteiger partial charge in [0.15, 0.2) is 5.75 Å². The zero-order valence-electron chi connectivity index (χ0n) is 10.1. The molecule has 1 aromatic heterocycles. The van der Waals surface area contributed by atoms with E-state index >= 15 is 0 Å². The largest absolute Gasteiger partial charge is 0.502 e. The molecule has 8 nitrogen and oxygen atoms in total. The first kappa shape index (κ1) is 13.4. The number of aromatic carboxylic acids is 1. The third kappa shape index (κ3) is 2.53. The van der Waals surface area contributed by atoms with Crippen molar-refractivity contribution in [3.63, 3.8) is 0 Å². The Morgan fingerprint density at radius 2 is 1.95 bits per heavy atom. The second-order valence-electron chi connectivity index (χ2n) is 3.80. The van der Waals surface area contributed by atoms with Gasteiger partial charge >= 0.3 is 11.5 Å². The summed E-state index contributed by atoms with van der Waals surface area (Å²) in [6.07, 6.45) is 0. The molecule has 1 aromatic carbocycles. The molecule has 104 valence electrons. The average Bonchev–Trinajstić information content (AvgIpc) is 2.43. The molecule has 0 amide bonds. The van der Waals surface area contributed by atoms with Crippen LogP contribution in [0.3, 0.4) is 0 Å². The molecule has 0 aliphatic heterocycles. The van der Waals surface area contributed by atoms with Crippen LogP contribution in [-0.4, -0.2) is 31.3 Å². The number of benzene rings is 1. The first-order chi connectivity index (χ1) is 9.50. The summed E-state index contributed by atoms with van der Waals surface area (Å²) in [7, 11) is 0. The minimum Gasteiger partial charge on any atom is -0.502 e. The highest BCUT2D eigenvalue weighted by atomic mass is 16.5. The maximum Gasteiger partial charge on any atom is 0.360 e. The van der Waals surface area contributed by atoms with E-state index < -0.39 is 28.7 Å². The highest BCUT2D eigenvalue weighted by Crippen LogP contribution is 2.24. The minimum absolute atomic E-state index is 0.0767. The zero-order chi connectivity index (χ0) is 14.7. The Bertz CT molecular complexity index is 695. The zero-order valence-corrected chi connectivity index (χ0v) is 10.1. The lowest BCUT2D eigenvalue weighted by Crippen LogP contribution is -2.25. The number of aromatic hydroxyl groups is 1. The van der Waals surface area contributed by atoms with E-state index in [2.05, 4.69) is 5.10 Å². The first-order valence-corrected chi connectivity index (χ1v) is 5.46. The molecule has 0 unspecified atom stereocenters. The van der Waals surface area contributed by atoms with Crippen LogP contribution in [0.1, 0.15) is 16.1 Å². The van der Waals surface area contributed by atoms with Gasteiger partial charge in [-0.15, -0.1) is 5.10 Å². The highest BCUT2D eigenvalue weighted by molar-refractivity contribution is 5.89. The SMILES string of the molecule is O=C(O)c1nn(O)c(=O)c(OCc2ccccc2)c1O. The fourth-order valence-electron chi connectivity index (χ4n) is 1.49. The lowest BCUT2D eigenvalue weighted by atomic mass is 10.2. The first-order valence-electron chi connectivity index (χ1n) is 5.46. The van der Waals surface area contributed by atoms with Gasteiger partial charge < -0.3 is 20.2 Å². The number of rotatable bonds is 4. The van der Waals surface area contributed by atoms with Crippen molar-refractivity contribution in [2.75, 3.05) is 0 Å². The molecule has 3 N–H and O–H groups in total. The van der Waals surface area contributed by atoms with E-state index in [1.54, 1.807) is 30.3 Å². The van der Waals surface area contributed by atoms with Crippen molar-refractivity contribution in [2.45, 2.75) is 6.61 Å². The molecular formula is C12H10N2O6. The van der Waals surface area contributed by atoms with E-state index in [4.69, 9.17) is 9.84 Å². The molecule has 2 aromatic rings.